The first-order valence-corrected chi connectivity index (χ1v) is 6.00. The largest absolute Gasteiger partial charge is 0.353 e. The van der Waals surface area contributed by atoms with Crippen LogP contribution in [0.1, 0.15) is 18.5 Å². The summed E-state index contributed by atoms with van der Waals surface area (Å²) in [5.41, 5.74) is 5.73. The van der Waals surface area contributed by atoms with E-state index in [0.717, 1.165) is 12.8 Å². The number of amides is 2. The molecular formula is C11H14ClN5O. The van der Waals surface area contributed by atoms with Crippen molar-refractivity contribution in [3.8, 4) is 0 Å². The van der Waals surface area contributed by atoms with Gasteiger partial charge in [0.25, 0.3) is 0 Å². The van der Waals surface area contributed by atoms with Crippen molar-refractivity contribution in [2.24, 2.45) is 10.7 Å². The zero-order valence-corrected chi connectivity index (χ0v) is 10.4. The molecule has 6 nitrogen and oxygen atoms in total. The lowest BCUT2D eigenvalue weighted by molar-refractivity contribution is 0.253. The Bertz CT molecular complexity index is 472. The van der Waals surface area contributed by atoms with E-state index in [1.807, 2.05) is 0 Å². The van der Waals surface area contributed by atoms with Gasteiger partial charge in [-0.3, -0.25) is 10.3 Å². The number of pyridine rings is 1. The third-order valence-electron chi connectivity index (χ3n) is 2.38. The number of rotatable bonds is 3. The highest BCUT2D eigenvalue weighted by Crippen LogP contribution is 2.18. The number of hydrogen-bond acceptors (Lipinski definition) is 3. The van der Waals surface area contributed by atoms with Crippen LogP contribution in [0.4, 0.5) is 4.79 Å². The van der Waals surface area contributed by atoms with Gasteiger partial charge in [-0.15, -0.1) is 0 Å². The molecule has 96 valence electrons. The van der Waals surface area contributed by atoms with Crippen molar-refractivity contribution in [3.05, 3.63) is 29.0 Å². The second-order valence-electron chi connectivity index (χ2n) is 4.00. The minimum Gasteiger partial charge on any atom is -0.353 e. The van der Waals surface area contributed by atoms with E-state index in [1.165, 1.54) is 0 Å². The van der Waals surface area contributed by atoms with Gasteiger partial charge < -0.3 is 11.1 Å². The number of nitrogens with zero attached hydrogens (tertiary/aromatic N) is 2. The second-order valence-corrected chi connectivity index (χ2v) is 4.41. The summed E-state index contributed by atoms with van der Waals surface area (Å²) in [5.74, 6) is 0.367. The third kappa shape index (κ3) is 3.89. The van der Waals surface area contributed by atoms with E-state index in [2.05, 4.69) is 20.6 Å². The van der Waals surface area contributed by atoms with Crippen LogP contribution in [0.5, 0.6) is 0 Å². The molecular weight excluding hydrogens is 254 g/mol. The molecule has 0 radical (unpaired) electrons. The summed E-state index contributed by atoms with van der Waals surface area (Å²) in [6, 6.07) is 3.22. The number of nitrogens with one attached hydrogen (secondary N) is 2. The summed E-state index contributed by atoms with van der Waals surface area (Å²) in [6.45, 7) is 0.287. The van der Waals surface area contributed by atoms with Crippen LogP contribution in [-0.4, -0.2) is 23.0 Å². The highest BCUT2D eigenvalue weighted by Gasteiger charge is 2.22. The molecule has 2 amide bonds. The number of halogens is 1. The van der Waals surface area contributed by atoms with Crippen molar-refractivity contribution in [1.82, 2.24) is 15.6 Å². The Morgan fingerprint density at radius 2 is 2.39 bits per heavy atom. The third-order valence-corrected chi connectivity index (χ3v) is 2.73. The first kappa shape index (κ1) is 12.6. The lowest BCUT2D eigenvalue weighted by Gasteiger charge is -2.08. The molecule has 0 bridgehead atoms. The summed E-state index contributed by atoms with van der Waals surface area (Å²) in [5, 5.41) is 6.07. The average Bonchev–Trinajstić information content (AvgIpc) is 3.11. The number of guanidine groups is 1. The van der Waals surface area contributed by atoms with Gasteiger partial charge in [0.2, 0.25) is 0 Å². The van der Waals surface area contributed by atoms with Crippen molar-refractivity contribution < 1.29 is 4.79 Å². The molecule has 1 heterocycles. The number of primary amides is 1. The minimum atomic E-state index is -0.644. The van der Waals surface area contributed by atoms with Crippen LogP contribution in [0.15, 0.2) is 23.3 Å². The average molecular weight is 268 g/mol. The molecule has 1 fully saturated rings. The molecule has 0 atom stereocenters. The predicted octanol–water partition coefficient (Wildman–Crippen LogP) is 1.01. The number of hydrogen-bond donors (Lipinski definition) is 3. The van der Waals surface area contributed by atoms with Crippen molar-refractivity contribution in [2.45, 2.75) is 25.4 Å². The summed E-state index contributed by atoms with van der Waals surface area (Å²) in [7, 11) is 0. The Hall–Kier alpha value is -1.82. The topological polar surface area (TPSA) is 92.4 Å². The summed E-state index contributed by atoms with van der Waals surface area (Å²) in [4.78, 5) is 19.2. The Balaban J connectivity index is 2.02. The Labute approximate surface area is 110 Å². The van der Waals surface area contributed by atoms with Gasteiger partial charge in [0.05, 0.1) is 17.3 Å². The summed E-state index contributed by atoms with van der Waals surface area (Å²) >= 11 is 5.97. The van der Waals surface area contributed by atoms with E-state index >= 15 is 0 Å². The summed E-state index contributed by atoms with van der Waals surface area (Å²) < 4.78 is 0. The maximum absolute atomic E-state index is 10.8. The van der Waals surface area contributed by atoms with Gasteiger partial charge >= 0.3 is 6.03 Å². The van der Waals surface area contributed by atoms with Crippen LogP contribution in [0.25, 0.3) is 0 Å². The molecule has 0 unspecified atom stereocenters. The highest BCUT2D eigenvalue weighted by molar-refractivity contribution is 6.31. The van der Waals surface area contributed by atoms with Gasteiger partial charge in [0.15, 0.2) is 5.96 Å². The van der Waals surface area contributed by atoms with Crippen LogP contribution >= 0.6 is 11.6 Å². The van der Waals surface area contributed by atoms with E-state index < -0.39 is 6.03 Å². The zero-order chi connectivity index (χ0) is 13.0. The quantitative estimate of drug-likeness (QED) is 0.564. The molecule has 7 heteroatoms. The fraction of sp³-hybridized carbons (Fsp3) is 0.364. The fourth-order valence-electron chi connectivity index (χ4n) is 1.35. The van der Waals surface area contributed by atoms with Gasteiger partial charge in [-0.05, 0) is 25.0 Å². The standard InChI is InChI=1S/C11H14ClN5O/c12-8-2-1-5-14-9(8)6-15-11(17-10(13)18)16-7-3-4-7/h1-2,5,7H,3-4,6H2,(H4,13,15,16,17,18). The van der Waals surface area contributed by atoms with E-state index in [4.69, 9.17) is 17.3 Å². The molecule has 1 aromatic heterocycles. The molecule has 0 saturated heterocycles. The highest BCUT2D eigenvalue weighted by atomic mass is 35.5. The van der Waals surface area contributed by atoms with Crippen LogP contribution < -0.4 is 16.4 Å². The van der Waals surface area contributed by atoms with Gasteiger partial charge in [-0.1, -0.05) is 11.6 Å². The van der Waals surface area contributed by atoms with Crippen molar-refractivity contribution >= 4 is 23.6 Å². The van der Waals surface area contributed by atoms with E-state index in [0.29, 0.717) is 22.7 Å². The first-order chi connectivity index (χ1) is 8.65. The maximum atomic E-state index is 10.8. The number of aromatic nitrogens is 1. The maximum Gasteiger partial charge on any atom is 0.318 e. The van der Waals surface area contributed by atoms with Gasteiger partial charge in [-0.25, -0.2) is 9.79 Å². The Morgan fingerprint density at radius 3 is 3.00 bits per heavy atom. The zero-order valence-electron chi connectivity index (χ0n) is 9.69. The summed E-state index contributed by atoms with van der Waals surface area (Å²) in [6.07, 6.45) is 3.79. The lowest BCUT2D eigenvalue weighted by atomic mass is 10.3. The molecule has 0 aromatic carbocycles. The number of nitrogens with two attached hydrogens (primary N) is 1. The van der Waals surface area contributed by atoms with Crippen LogP contribution in [-0.2, 0) is 6.54 Å². The van der Waals surface area contributed by atoms with Crippen LogP contribution in [0, 0.1) is 0 Å². The van der Waals surface area contributed by atoms with Gasteiger partial charge in [-0.2, -0.15) is 0 Å². The molecule has 0 spiro atoms. The lowest BCUT2D eigenvalue weighted by Crippen LogP contribution is -2.44. The van der Waals surface area contributed by atoms with Crippen LogP contribution in [0.3, 0.4) is 0 Å². The van der Waals surface area contributed by atoms with Gasteiger partial charge in [0, 0.05) is 12.2 Å². The van der Waals surface area contributed by atoms with Crippen molar-refractivity contribution in [3.63, 3.8) is 0 Å². The molecule has 0 aliphatic heterocycles. The molecule has 18 heavy (non-hydrogen) atoms. The normalized spacial score (nSPS) is 15.3. The van der Waals surface area contributed by atoms with E-state index in [-0.39, 0.29) is 6.54 Å². The minimum absolute atomic E-state index is 0.287. The van der Waals surface area contributed by atoms with Gasteiger partial charge in [0.1, 0.15) is 0 Å². The van der Waals surface area contributed by atoms with E-state index in [1.54, 1.807) is 18.3 Å². The second kappa shape index (κ2) is 5.68. The number of aliphatic imine (C=N–C) groups is 1. The van der Waals surface area contributed by atoms with E-state index in [9.17, 15) is 4.79 Å². The fourth-order valence-corrected chi connectivity index (χ4v) is 1.53. The first-order valence-electron chi connectivity index (χ1n) is 5.62. The monoisotopic (exact) mass is 267 g/mol. The van der Waals surface area contributed by atoms with Crippen LogP contribution in [0.2, 0.25) is 5.02 Å². The van der Waals surface area contributed by atoms with Crippen molar-refractivity contribution in [1.29, 1.82) is 0 Å². The number of carbonyl (C=O) groups is 1. The molecule has 1 saturated carbocycles. The predicted molar refractivity (Wildman–Crippen MR) is 69.3 cm³/mol. The molecule has 1 aliphatic carbocycles. The molecule has 2 rings (SSSR count). The Kier molecular flexibility index (Phi) is 3.99. The smallest absolute Gasteiger partial charge is 0.318 e. The molecule has 4 N–H and O–H groups in total. The molecule has 1 aromatic rings. The van der Waals surface area contributed by atoms with Crippen molar-refractivity contribution in [2.75, 3.05) is 0 Å². The number of urea groups is 1. The Morgan fingerprint density at radius 1 is 1.61 bits per heavy atom. The SMILES string of the molecule is NC(=O)NC(=NCc1ncccc1Cl)NC1CC1. The number of carbonyl (C=O) groups excluding carboxylic acids is 1. The molecule has 1 aliphatic rings.